The van der Waals surface area contributed by atoms with Gasteiger partial charge in [0.1, 0.15) is 23.0 Å². The predicted octanol–water partition coefficient (Wildman–Crippen LogP) is 7.01. The molecule has 0 atom stereocenters. The van der Waals surface area contributed by atoms with E-state index in [4.69, 9.17) is 4.74 Å². The lowest BCUT2D eigenvalue weighted by molar-refractivity contribution is -0.120. The molecule has 0 aromatic heterocycles. The van der Waals surface area contributed by atoms with Gasteiger partial charge in [-0.05, 0) is 95.8 Å². The molecule has 0 fully saturated rings. The Morgan fingerprint density at radius 3 is 1.37 bits per heavy atom. The summed E-state index contributed by atoms with van der Waals surface area (Å²) >= 11 is 0. The number of nitrogens with zero attached hydrogens (tertiary/aromatic N) is 4. The van der Waals surface area contributed by atoms with Gasteiger partial charge in [0.15, 0.2) is 0 Å². The van der Waals surface area contributed by atoms with Crippen LogP contribution in [0.25, 0.3) is 21.5 Å². The second-order valence-electron chi connectivity index (χ2n) is 14.0. The first-order valence-electron chi connectivity index (χ1n) is 19.4. The number of hydrazone groups is 2. The highest BCUT2D eigenvalue weighted by Gasteiger charge is 2.14. The fourth-order valence-corrected chi connectivity index (χ4v) is 6.51. The number of amides is 2. The average molecular weight is 797 g/mol. The summed E-state index contributed by atoms with van der Waals surface area (Å²) in [6, 6.07) is 36.6. The van der Waals surface area contributed by atoms with Crippen LogP contribution in [-0.4, -0.2) is 84.1 Å². The summed E-state index contributed by atoms with van der Waals surface area (Å²) in [7, 11) is 0. The zero-order valence-electron chi connectivity index (χ0n) is 32.6. The molecule has 0 aliphatic heterocycles. The number of phenolic OH excluding ortho intramolecular Hbond substituents is 4. The number of rotatable bonds is 20. The van der Waals surface area contributed by atoms with E-state index in [0.717, 1.165) is 58.6 Å². The molecular formula is C46H48N6O7. The molecule has 13 heteroatoms. The monoisotopic (exact) mass is 796 g/mol. The molecular weight excluding hydrogens is 749 g/mol. The Balaban J connectivity index is 0.973. The summed E-state index contributed by atoms with van der Waals surface area (Å²) in [4.78, 5) is 30.0. The molecule has 0 saturated carbocycles. The normalized spacial score (nSPS) is 11.4. The van der Waals surface area contributed by atoms with Gasteiger partial charge in [0.2, 0.25) is 0 Å². The van der Waals surface area contributed by atoms with E-state index in [2.05, 4.69) is 33.2 Å². The van der Waals surface area contributed by atoms with Crippen molar-refractivity contribution in [2.24, 2.45) is 10.2 Å². The van der Waals surface area contributed by atoms with Crippen molar-refractivity contribution in [2.75, 3.05) is 49.2 Å². The highest BCUT2D eigenvalue weighted by atomic mass is 16.5. The number of nitrogens with one attached hydrogen (secondary N) is 2. The highest BCUT2D eigenvalue weighted by Crippen LogP contribution is 2.25. The maximum Gasteiger partial charge on any atom is 0.259 e. The van der Waals surface area contributed by atoms with Crippen LogP contribution in [-0.2, 0) is 14.3 Å². The molecule has 13 nitrogen and oxygen atoms in total. The van der Waals surface area contributed by atoms with Crippen LogP contribution in [0.3, 0.4) is 0 Å². The van der Waals surface area contributed by atoms with Gasteiger partial charge in [-0.15, -0.1) is 0 Å². The van der Waals surface area contributed by atoms with Crippen LogP contribution in [0.1, 0.15) is 36.8 Å². The number of benzene rings is 6. The molecule has 6 rings (SSSR count). The van der Waals surface area contributed by atoms with Gasteiger partial charge in [0.25, 0.3) is 11.8 Å². The van der Waals surface area contributed by atoms with Crippen molar-refractivity contribution in [3.63, 3.8) is 0 Å². The van der Waals surface area contributed by atoms with Gasteiger partial charge < -0.3 is 35.0 Å². The lowest BCUT2D eigenvalue weighted by Crippen LogP contribution is -2.36. The molecule has 6 N–H and O–H groups in total. The summed E-state index contributed by atoms with van der Waals surface area (Å²) in [5.41, 5.74) is 7.61. The Hall–Kier alpha value is -7.12. The maximum atomic E-state index is 13.0. The fourth-order valence-electron chi connectivity index (χ4n) is 6.51. The van der Waals surface area contributed by atoms with E-state index in [1.165, 1.54) is 48.8 Å². The topological polar surface area (TPSA) is 180 Å². The number of unbranched alkanes of at least 4 members (excludes halogenated alkanes) is 2. The lowest BCUT2D eigenvalue weighted by atomic mass is 10.1. The van der Waals surface area contributed by atoms with Crippen molar-refractivity contribution >= 4 is 57.2 Å². The van der Waals surface area contributed by atoms with Gasteiger partial charge in [-0.3, -0.25) is 9.59 Å². The van der Waals surface area contributed by atoms with Gasteiger partial charge >= 0.3 is 0 Å². The van der Waals surface area contributed by atoms with E-state index in [1.54, 1.807) is 0 Å². The van der Waals surface area contributed by atoms with Crippen molar-refractivity contribution in [3.8, 4) is 23.0 Å². The third-order valence-corrected chi connectivity index (χ3v) is 9.61. The van der Waals surface area contributed by atoms with E-state index in [1.807, 2.05) is 82.6 Å². The maximum absolute atomic E-state index is 13.0. The Morgan fingerprint density at radius 1 is 0.525 bits per heavy atom. The first-order chi connectivity index (χ1) is 28.7. The number of carbonyl (C=O) groups is 2. The molecule has 0 heterocycles. The van der Waals surface area contributed by atoms with Crippen molar-refractivity contribution in [1.82, 2.24) is 10.9 Å². The number of phenols is 4. The molecule has 0 radical (unpaired) electrons. The lowest BCUT2D eigenvalue weighted by Gasteiger charge is -2.24. The third-order valence-electron chi connectivity index (χ3n) is 9.61. The number of aromatic hydroxyl groups is 4. The average Bonchev–Trinajstić information content (AvgIpc) is 3.23. The van der Waals surface area contributed by atoms with Gasteiger partial charge in [0, 0.05) is 60.9 Å². The molecule has 6 aromatic carbocycles. The van der Waals surface area contributed by atoms with E-state index in [0.29, 0.717) is 37.4 Å². The van der Waals surface area contributed by atoms with Gasteiger partial charge in [0.05, 0.1) is 25.5 Å². The molecule has 2 amide bonds. The Labute approximate surface area is 342 Å². The van der Waals surface area contributed by atoms with E-state index >= 15 is 0 Å². The van der Waals surface area contributed by atoms with Crippen molar-refractivity contribution < 1.29 is 34.8 Å². The summed E-state index contributed by atoms with van der Waals surface area (Å²) < 4.78 is 6.00. The van der Waals surface area contributed by atoms with Crippen molar-refractivity contribution in [1.29, 1.82) is 0 Å². The largest absolute Gasteiger partial charge is 0.508 e. The van der Waals surface area contributed by atoms with Gasteiger partial charge in [-0.25, -0.2) is 10.9 Å². The van der Waals surface area contributed by atoms with Crippen molar-refractivity contribution in [3.05, 3.63) is 132 Å². The SMILES string of the molecule is O=C(CN(CCCCOCCCCN(CC(=O)N/N=C/c1ccc(O)cc1O)c1ccc2ccccc2c1)c1ccc2ccccc2c1)N/N=C/c1ccc(O)cc1O. The number of fused-ring (bicyclic) bond motifs is 2. The van der Waals surface area contributed by atoms with E-state index in [-0.39, 0.29) is 47.9 Å². The first-order valence-corrected chi connectivity index (χ1v) is 19.4. The van der Waals surface area contributed by atoms with Crippen LogP contribution < -0.4 is 20.7 Å². The molecule has 0 bridgehead atoms. The second-order valence-corrected chi connectivity index (χ2v) is 14.0. The molecule has 59 heavy (non-hydrogen) atoms. The molecule has 304 valence electrons. The standard InChI is InChI=1S/C46H48N6O7/c53-41-19-15-37(43(55)27-41)29-47-49-45(57)31-51(39-17-13-33-9-1-3-11-35(33)25-39)21-5-7-23-59-24-8-6-22-52(40-18-14-34-10-2-4-12-36(34)26-40)32-46(58)50-48-30-38-16-20-42(54)28-44(38)56/h1-4,9-20,25-30,53-56H,5-8,21-24,31-32H2,(H,49,57)(H,50,58)/b47-29+,48-30+. The number of anilines is 2. The first kappa shape index (κ1) is 41.5. The van der Waals surface area contributed by atoms with Gasteiger partial charge in [-0.1, -0.05) is 60.7 Å². The quantitative estimate of drug-likeness (QED) is 0.0269. The minimum absolute atomic E-state index is 0.0676. The van der Waals surface area contributed by atoms with Crippen LogP contribution in [0.5, 0.6) is 23.0 Å². The molecule has 6 aromatic rings. The number of ether oxygens (including phenoxy) is 1. The summed E-state index contributed by atoms with van der Waals surface area (Å²) in [6.45, 7) is 2.48. The Morgan fingerprint density at radius 2 is 0.949 bits per heavy atom. The minimum atomic E-state index is -0.318. The van der Waals surface area contributed by atoms with Crippen LogP contribution in [0.15, 0.2) is 132 Å². The summed E-state index contributed by atoms with van der Waals surface area (Å²) in [5.74, 6) is -1.07. The number of carbonyl (C=O) groups excluding carboxylic acids is 2. The van der Waals surface area contributed by atoms with Crippen LogP contribution in [0.2, 0.25) is 0 Å². The number of hydrogen-bond acceptors (Lipinski definition) is 11. The predicted molar refractivity (Wildman–Crippen MR) is 233 cm³/mol. The Bertz CT molecular complexity index is 2250. The summed E-state index contributed by atoms with van der Waals surface area (Å²) in [5, 5.41) is 51.4. The fraction of sp³-hybridized carbons (Fsp3) is 0.217. The molecule has 0 aliphatic rings. The smallest absolute Gasteiger partial charge is 0.259 e. The third kappa shape index (κ3) is 12.4. The summed E-state index contributed by atoms with van der Waals surface area (Å²) in [6.07, 6.45) is 5.79. The molecule has 0 unspecified atom stereocenters. The van der Waals surface area contributed by atoms with E-state index in [9.17, 15) is 30.0 Å². The van der Waals surface area contributed by atoms with Crippen LogP contribution in [0, 0.1) is 0 Å². The van der Waals surface area contributed by atoms with E-state index < -0.39 is 0 Å². The highest BCUT2D eigenvalue weighted by molar-refractivity contribution is 5.90. The zero-order valence-corrected chi connectivity index (χ0v) is 32.6. The minimum Gasteiger partial charge on any atom is -0.508 e. The van der Waals surface area contributed by atoms with Crippen LogP contribution in [0.4, 0.5) is 11.4 Å². The second kappa shape index (κ2) is 20.9. The van der Waals surface area contributed by atoms with Gasteiger partial charge in [-0.2, -0.15) is 10.2 Å². The van der Waals surface area contributed by atoms with Crippen molar-refractivity contribution in [2.45, 2.75) is 25.7 Å². The molecule has 0 saturated heterocycles. The zero-order chi connectivity index (χ0) is 41.4. The van der Waals surface area contributed by atoms with Crippen LogP contribution >= 0.6 is 0 Å². The molecule has 0 spiro atoms. The number of hydrogen-bond donors (Lipinski definition) is 6. The Kier molecular flexibility index (Phi) is 14.7. The molecule has 0 aliphatic carbocycles.